The molecule has 1 saturated carbocycles. The number of benzene rings is 1. The SMILES string of the molecule is O=C(CSc1nnc(-c2cccnc2)n1C1CC1)Nc1nc(-c2ccc(F)c(F)c2)cs1. The molecule has 1 aliphatic carbocycles. The highest BCUT2D eigenvalue weighted by Gasteiger charge is 2.30. The third-order valence-corrected chi connectivity index (χ3v) is 6.50. The summed E-state index contributed by atoms with van der Waals surface area (Å²) in [4.78, 5) is 20.9. The zero-order valence-electron chi connectivity index (χ0n) is 16.5. The number of nitrogens with one attached hydrogen (secondary N) is 1. The summed E-state index contributed by atoms with van der Waals surface area (Å²) in [5.41, 5.74) is 1.79. The zero-order valence-corrected chi connectivity index (χ0v) is 18.2. The third kappa shape index (κ3) is 4.39. The highest BCUT2D eigenvalue weighted by atomic mass is 32.2. The van der Waals surface area contributed by atoms with Gasteiger partial charge in [-0.05, 0) is 43.2 Å². The number of carbonyl (C=O) groups is 1. The zero-order chi connectivity index (χ0) is 22.1. The number of anilines is 1. The Kier molecular flexibility index (Phi) is 5.66. The second-order valence-electron chi connectivity index (χ2n) is 7.15. The van der Waals surface area contributed by atoms with E-state index >= 15 is 0 Å². The molecule has 5 rings (SSSR count). The molecule has 1 aliphatic rings. The van der Waals surface area contributed by atoms with Gasteiger partial charge in [0.25, 0.3) is 0 Å². The Morgan fingerprint density at radius 3 is 2.81 bits per heavy atom. The number of rotatable bonds is 7. The van der Waals surface area contributed by atoms with E-state index in [0.29, 0.717) is 27.6 Å². The molecule has 1 fully saturated rings. The van der Waals surface area contributed by atoms with Gasteiger partial charge >= 0.3 is 0 Å². The van der Waals surface area contributed by atoms with Crippen LogP contribution in [0.4, 0.5) is 13.9 Å². The lowest BCUT2D eigenvalue weighted by molar-refractivity contribution is -0.113. The van der Waals surface area contributed by atoms with Gasteiger partial charge in [0.1, 0.15) is 0 Å². The van der Waals surface area contributed by atoms with E-state index in [1.165, 1.54) is 29.2 Å². The van der Waals surface area contributed by atoms with Gasteiger partial charge in [-0.1, -0.05) is 11.8 Å². The third-order valence-electron chi connectivity index (χ3n) is 4.79. The van der Waals surface area contributed by atoms with Crippen LogP contribution in [-0.2, 0) is 4.79 Å². The number of thioether (sulfide) groups is 1. The first-order valence-electron chi connectivity index (χ1n) is 9.77. The fourth-order valence-corrected chi connectivity index (χ4v) is 4.68. The maximum absolute atomic E-state index is 13.5. The van der Waals surface area contributed by atoms with Crippen molar-refractivity contribution in [2.24, 2.45) is 0 Å². The monoisotopic (exact) mass is 470 g/mol. The molecule has 3 aromatic heterocycles. The van der Waals surface area contributed by atoms with E-state index in [-0.39, 0.29) is 11.7 Å². The van der Waals surface area contributed by atoms with Crippen LogP contribution in [0.3, 0.4) is 0 Å². The number of pyridine rings is 1. The summed E-state index contributed by atoms with van der Waals surface area (Å²) >= 11 is 2.52. The van der Waals surface area contributed by atoms with Crippen LogP contribution in [-0.4, -0.2) is 36.4 Å². The van der Waals surface area contributed by atoms with Crippen molar-refractivity contribution in [2.45, 2.75) is 24.0 Å². The molecule has 0 atom stereocenters. The van der Waals surface area contributed by atoms with Crippen LogP contribution in [0.15, 0.2) is 53.3 Å². The Balaban J connectivity index is 1.25. The standard InChI is InChI=1S/C21H16F2N6OS2/c22-15-6-3-12(8-16(15)23)17-10-31-20(25-17)26-18(30)11-32-21-28-27-19(29(21)14-4-5-14)13-2-1-7-24-9-13/h1-3,6-10,14H,4-5,11H2,(H,25,26,30). The first-order valence-corrected chi connectivity index (χ1v) is 11.6. The molecule has 7 nitrogen and oxygen atoms in total. The summed E-state index contributed by atoms with van der Waals surface area (Å²) in [6, 6.07) is 7.70. The lowest BCUT2D eigenvalue weighted by Crippen LogP contribution is -2.14. The van der Waals surface area contributed by atoms with E-state index in [9.17, 15) is 13.6 Å². The minimum Gasteiger partial charge on any atom is -0.301 e. The number of aromatic nitrogens is 5. The predicted molar refractivity (Wildman–Crippen MR) is 118 cm³/mol. The molecule has 11 heteroatoms. The molecule has 0 radical (unpaired) electrons. The average molecular weight is 471 g/mol. The molecule has 1 amide bonds. The van der Waals surface area contributed by atoms with Gasteiger partial charge in [0.05, 0.1) is 11.4 Å². The van der Waals surface area contributed by atoms with Gasteiger partial charge in [-0.15, -0.1) is 21.5 Å². The highest BCUT2D eigenvalue weighted by molar-refractivity contribution is 7.99. The molecule has 4 aromatic rings. The second kappa shape index (κ2) is 8.75. The van der Waals surface area contributed by atoms with E-state index in [1.54, 1.807) is 17.8 Å². The Bertz CT molecular complexity index is 1270. The smallest absolute Gasteiger partial charge is 0.236 e. The van der Waals surface area contributed by atoms with Gasteiger partial charge < -0.3 is 5.32 Å². The van der Waals surface area contributed by atoms with Crippen molar-refractivity contribution in [3.63, 3.8) is 0 Å². The van der Waals surface area contributed by atoms with Crippen molar-refractivity contribution in [3.05, 3.63) is 59.7 Å². The fraction of sp³-hybridized carbons (Fsp3) is 0.190. The van der Waals surface area contributed by atoms with Crippen LogP contribution >= 0.6 is 23.1 Å². The molecule has 0 saturated heterocycles. The number of hydrogen-bond acceptors (Lipinski definition) is 7. The van der Waals surface area contributed by atoms with Gasteiger partial charge in [-0.2, -0.15) is 0 Å². The molecule has 0 unspecified atom stereocenters. The van der Waals surface area contributed by atoms with Gasteiger partial charge in [0, 0.05) is 34.9 Å². The lowest BCUT2D eigenvalue weighted by Gasteiger charge is -2.08. The molecule has 1 aromatic carbocycles. The molecular weight excluding hydrogens is 454 g/mol. The van der Waals surface area contributed by atoms with Crippen molar-refractivity contribution >= 4 is 34.1 Å². The number of nitrogens with zero attached hydrogens (tertiary/aromatic N) is 5. The number of amides is 1. The maximum Gasteiger partial charge on any atom is 0.236 e. The molecule has 1 N–H and O–H groups in total. The van der Waals surface area contributed by atoms with Gasteiger partial charge in [-0.3, -0.25) is 14.3 Å². The van der Waals surface area contributed by atoms with Crippen molar-refractivity contribution in [2.75, 3.05) is 11.1 Å². The second-order valence-corrected chi connectivity index (χ2v) is 8.95. The number of halogens is 2. The number of hydrogen-bond donors (Lipinski definition) is 1. The van der Waals surface area contributed by atoms with Gasteiger partial charge in [0.2, 0.25) is 5.91 Å². The largest absolute Gasteiger partial charge is 0.301 e. The maximum atomic E-state index is 13.5. The summed E-state index contributed by atoms with van der Waals surface area (Å²) in [6.45, 7) is 0. The Labute approximate surface area is 189 Å². The van der Waals surface area contributed by atoms with Gasteiger partial charge in [-0.25, -0.2) is 13.8 Å². The minimum absolute atomic E-state index is 0.137. The van der Waals surface area contributed by atoms with Crippen molar-refractivity contribution < 1.29 is 13.6 Å². The van der Waals surface area contributed by atoms with Crippen molar-refractivity contribution in [1.82, 2.24) is 24.7 Å². The molecular formula is C21H16F2N6OS2. The molecule has 32 heavy (non-hydrogen) atoms. The van der Waals surface area contributed by atoms with Gasteiger partial charge in [0.15, 0.2) is 27.7 Å². The summed E-state index contributed by atoms with van der Waals surface area (Å²) < 4.78 is 28.7. The van der Waals surface area contributed by atoms with Crippen LogP contribution in [0.2, 0.25) is 0 Å². The normalized spacial score (nSPS) is 13.3. The Morgan fingerprint density at radius 1 is 1.19 bits per heavy atom. The molecule has 162 valence electrons. The van der Waals surface area contributed by atoms with E-state index < -0.39 is 11.6 Å². The number of carbonyl (C=O) groups excluding carboxylic acids is 1. The van der Waals surface area contributed by atoms with Crippen molar-refractivity contribution in [3.8, 4) is 22.6 Å². The van der Waals surface area contributed by atoms with Crippen molar-refractivity contribution in [1.29, 1.82) is 0 Å². The summed E-state index contributed by atoms with van der Waals surface area (Å²) in [7, 11) is 0. The van der Waals surface area contributed by atoms with E-state index in [0.717, 1.165) is 36.4 Å². The number of thiazole rings is 1. The van der Waals surface area contributed by atoms with E-state index in [1.807, 2.05) is 12.1 Å². The minimum atomic E-state index is -0.942. The summed E-state index contributed by atoms with van der Waals surface area (Å²) in [6.07, 6.45) is 5.56. The molecule has 0 spiro atoms. The molecule has 0 bridgehead atoms. The summed E-state index contributed by atoms with van der Waals surface area (Å²) in [5.74, 6) is -1.21. The summed E-state index contributed by atoms with van der Waals surface area (Å²) in [5, 5.41) is 14.1. The highest BCUT2D eigenvalue weighted by Crippen LogP contribution is 2.41. The van der Waals surface area contributed by atoms with Crippen LogP contribution in [0, 0.1) is 11.6 Å². The lowest BCUT2D eigenvalue weighted by atomic mass is 10.2. The Morgan fingerprint density at radius 2 is 2.06 bits per heavy atom. The topological polar surface area (TPSA) is 85.6 Å². The molecule has 0 aliphatic heterocycles. The van der Waals surface area contributed by atoms with Crippen LogP contribution < -0.4 is 5.32 Å². The first kappa shape index (κ1) is 20.7. The first-order chi connectivity index (χ1) is 15.6. The van der Waals surface area contributed by atoms with E-state index in [2.05, 4.69) is 30.0 Å². The average Bonchev–Trinajstić information content (AvgIpc) is 3.38. The van der Waals surface area contributed by atoms with E-state index in [4.69, 9.17) is 0 Å². The molecule has 3 heterocycles. The fourth-order valence-electron chi connectivity index (χ4n) is 3.13. The predicted octanol–water partition coefficient (Wildman–Crippen LogP) is 4.81. The van der Waals surface area contributed by atoms with Crippen LogP contribution in [0.5, 0.6) is 0 Å². The Hall–Kier alpha value is -3.18. The quantitative estimate of drug-likeness (QED) is 0.390. The van der Waals surface area contributed by atoms with Crippen LogP contribution in [0.25, 0.3) is 22.6 Å². The van der Waals surface area contributed by atoms with Crippen LogP contribution in [0.1, 0.15) is 18.9 Å².